The van der Waals surface area contributed by atoms with E-state index in [0.29, 0.717) is 25.1 Å². The lowest BCUT2D eigenvalue weighted by Crippen LogP contribution is -2.59. The standard InChI is InChI=1S/C25H37N5O4/c1-7-20(31)28-18-11-8-10-17(14-18)15-27-23(33)19-12-9-13-30(19)24(34)21(25(3,4)5)29-22(32)16(2)26-6/h7-8,10-11,14,16,19,21,26H,1,9,12-13,15H2,2-6H3,(H,27,33)(H,28,31)(H,29,32)/t16-,19-,21+/m0/s1. The van der Waals surface area contributed by atoms with Crippen LogP contribution in [0.2, 0.25) is 0 Å². The summed E-state index contributed by atoms with van der Waals surface area (Å²) in [6, 6.07) is 5.35. The van der Waals surface area contributed by atoms with Crippen molar-refractivity contribution in [1.29, 1.82) is 0 Å². The van der Waals surface area contributed by atoms with Gasteiger partial charge in [-0.15, -0.1) is 0 Å². The van der Waals surface area contributed by atoms with Crippen LogP contribution in [0.3, 0.4) is 0 Å². The first-order valence-corrected chi connectivity index (χ1v) is 11.6. The minimum absolute atomic E-state index is 0.242. The van der Waals surface area contributed by atoms with Crippen molar-refractivity contribution in [3.05, 3.63) is 42.5 Å². The quantitative estimate of drug-likeness (QED) is 0.408. The maximum Gasteiger partial charge on any atom is 0.247 e. The topological polar surface area (TPSA) is 120 Å². The van der Waals surface area contributed by atoms with Crippen LogP contribution in [0.15, 0.2) is 36.9 Å². The molecule has 1 saturated heterocycles. The van der Waals surface area contributed by atoms with Gasteiger partial charge in [0.1, 0.15) is 12.1 Å². The Labute approximate surface area is 201 Å². The van der Waals surface area contributed by atoms with Gasteiger partial charge in [0, 0.05) is 18.8 Å². The summed E-state index contributed by atoms with van der Waals surface area (Å²) in [5.41, 5.74) is 0.890. The summed E-state index contributed by atoms with van der Waals surface area (Å²) >= 11 is 0. The van der Waals surface area contributed by atoms with Crippen LogP contribution in [-0.2, 0) is 25.7 Å². The molecule has 0 bridgehead atoms. The molecule has 186 valence electrons. The van der Waals surface area contributed by atoms with Crippen molar-refractivity contribution in [2.75, 3.05) is 18.9 Å². The summed E-state index contributed by atoms with van der Waals surface area (Å²) in [7, 11) is 1.68. The van der Waals surface area contributed by atoms with Crippen molar-refractivity contribution in [2.45, 2.75) is 65.2 Å². The summed E-state index contributed by atoms with van der Waals surface area (Å²) in [5.74, 6) is -1.07. The Morgan fingerprint density at radius 3 is 2.56 bits per heavy atom. The smallest absolute Gasteiger partial charge is 0.247 e. The van der Waals surface area contributed by atoms with Gasteiger partial charge in [-0.3, -0.25) is 19.2 Å². The number of anilines is 1. The zero-order chi connectivity index (χ0) is 25.5. The molecule has 4 amide bonds. The van der Waals surface area contributed by atoms with Crippen molar-refractivity contribution < 1.29 is 19.2 Å². The van der Waals surface area contributed by atoms with Crippen LogP contribution >= 0.6 is 0 Å². The van der Waals surface area contributed by atoms with E-state index in [2.05, 4.69) is 27.8 Å². The monoisotopic (exact) mass is 471 g/mol. The van der Waals surface area contributed by atoms with E-state index >= 15 is 0 Å². The first-order chi connectivity index (χ1) is 16.0. The Balaban J connectivity index is 2.08. The number of benzene rings is 1. The number of carbonyl (C=O) groups excluding carboxylic acids is 4. The summed E-state index contributed by atoms with van der Waals surface area (Å²) in [5, 5.41) is 11.3. The lowest BCUT2D eigenvalue weighted by atomic mass is 9.85. The van der Waals surface area contributed by atoms with Crippen LogP contribution in [-0.4, -0.2) is 60.2 Å². The highest BCUT2D eigenvalue weighted by molar-refractivity contribution is 5.99. The fraction of sp³-hybridized carbons (Fsp3) is 0.520. The maximum atomic E-state index is 13.5. The van der Waals surface area contributed by atoms with Crippen LogP contribution < -0.4 is 21.3 Å². The minimum atomic E-state index is -0.755. The zero-order valence-corrected chi connectivity index (χ0v) is 20.7. The highest BCUT2D eigenvalue weighted by Crippen LogP contribution is 2.26. The molecule has 1 aromatic rings. The van der Waals surface area contributed by atoms with E-state index < -0.39 is 23.5 Å². The van der Waals surface area contributed by atoms with Gasteiger partial charge in [-0.2, -0.15) is 0 Å². The molecule has 3 atom stereocenters. The van der Waals surface area contributed by atoms with E-state index in [1.807, 2.05) is 26.8 Å². The van der Waals surface area contributed by atoms with Gasteiger partial charge < -0.3 is 26.2 Å². The third kappa shape index (κ3) is 7.15. The number of hydrogen-bond acceptors (Lipinski definition) is 5. The molecular formula is C25H37N5O4. The average Bonchev–Trinajstić information content (AvgIpc) is 3.29. The molecule has 1 aromatic carbocycles. The molecule has 0 radical (unpaired) electrons. The molecule has 9 nitrogen and oxygen atoms in total. The van der Waals surface area contributed by atoms with E-state index in [1.165, 1.54) is 6.08 Å². The largest absolute Gasteiger partial charge is 0.350 e. The molecule has 1 aliphatic rings. The fourth-order valence-electron chi connectivity index (χ4n) is 3.78. The number of hydrogen-bond donors (Lipinski definition) is 4. The van der Waals surface area contributed by atoms with Crippen LogP contribution in [0.4, 0.5) is 5.69 Å². The molecule has 1 fully saturated rings. The molecule has 0 unspecified atom stereocenters. The number of amides is 4. The van der Waals surface area contributed by atoms with Crippen molar-refractivity contribution >= 4 is 29.3 Å². The van der Waals surface area contributed by atoms with Gasteiger partial charge in [0.15, 0.2) is 0 Å². The van der Waals surface area contributed by atoms with Crippen molar-refractivity contribution in [3.8, 4) is 0 Å². The number of nitrogens with zero attached hydrogens (tertiary/aromatic N) is 1. The van der Waals surface area contributed by atoms with Gasteiger partial charge in [0.25, 0.3) is 0 Å². The molecule has 9 heteroatoms. The van der Waals surface area contributed by atoms with Gasteiger partial charge in [0.2, 0.25) is 23.6 Å². The molecule has 34 heavy (non-hydrogen) atoms. The van der Waals surface area contributed by atoms with E-state index in [9.17, 15) is 19.2 Å². The Morgan fingerprint density at radius 1 is 1.24 bits per heavy atom. The molecule has 2 rings (SSSR count). The van der Waals surface area contributed by atoms with Crippen LogP contribution in [0, 0.1) is 5.41 Å². The Morgan fingerprint density at radius 2 is 1.94 bits per heavy atom. The van der Waals surface area contributed by atoms with Gasteiger partial charge in [-0.25, -0.2) is 0 Å². The second-order valence-corrected chi connectivity index (χ2v) is 9.62. The second kappa shape index (κ2) is 11.8. The number of rotatable bonds is 9. The second-order valence-electron chi connectivity index (χ2n) is 9.62. The Kier molecular flexibility index (Phi) is 9.37. The highest BCUT2D eigenvalue weighted by Gasteiger charge is 2.42. The summed E-state index contributed by atoms with van der Waals surface area (Å²) in [4.78, 5) is 52.0. The first-order valence-electron chi connectivity index (χ1n) is 11.6. The van der Waals surface area contributed by atoms with Gasteiger partial charge in [-0.05, 0) is 56.0 Å². The fourth-order valence-corrected chi connectivity index (χ4v) is 3.78. The SMILES string of the molecule is C=CC(=O)Nc1cccc(CNC(=O)[C@@H]2CCCN2C(=O)[C@@H](NC(=O)[C@H](C)NC)C(C)(C)C)c1. The third-order valence-corrected chi connectivity index (χ3v) is 5.91. The number of nitrogens with one attached hydrogen (secondary N) is 4. The van der Waals surface area contributed by atoms with E-state index in [-0.39, 0.29) is 30.2 Å². The van der Waals surface area contributed by atoms with E-state index in [4.69, 9.17) is 0 Å². The summed E-state index contributed by atoms with van der Waals surface area (Å²) in [6.07, 6.45) is 2.46. The molecule has 0 spiro atoms. The van der Waals surface area contributed by atoms with Gasteiger partial charge in [-0.1, -0.05) is 39.5 Å². The van der Waals surface area contributed by atoms with Crippen LogP contribution in [0.5, 0.6) is 0 Å². The van der Waals surface area contributed by atoms with Gasteiger partial charge >= 0.3 is 0 Å². The first kappa shape index (κ1) is 27.0. The van der Waals surface area contributed by atoms with E-state index in [0.717, 1.165) is 5.56 Å². The van der Waals surface area contributed by atoms with Crippen molar-refractivity contribution in [1.82, 2.24) is 20.9 Å². The Bertz CT molecular complexity index is 924. The van der Waals surface area contributed by atoms with Crippen molar-refractivity contribution in [3.63, 3.8) is 0 Å². The van der Waals surface area contributed by atoms with E-state index in [1.54, 1.807) is 37.1 Å². The maximum absolute atomic E-state index is 13.5. The summed E-state index contributed by atoms with van der Waals surface area (Å²) in [6.45, 7) is 11.6. The number of likely N-dealkylation sites (tertiary alicyclic amines) is 1. The summed E-state index contributed by atoms with van der Waals surface area (Å²) < 4.78 is 0. The third-order valence-electron chi connectivity index (χ3n) is 5.91. The molecule has 4 N–H and O–H groups in total. The average molecular weight is 472 g/mol. The molecule has 1 heterocycles. The molecule has 1 aliphatic heterocycles. The van der Waals surface area contributed by atoms with Crippen LogP contribution in [0.1, 0.15) is 46.1 Å². The normalized spacial score (nSPS) is 17.4. The lowest BCUT2D eigenvalue weighted by Gasteiger charge is -2.36. The minimum Gasteiger partial charge on any atom is -0.350 e. The van der Waals surface area contributed by atoms with Crippen LogP contribution in [0.25, 0.3) is 0 Å². The predicted molar refractivity (Wildman–Crippen MR) is 132 cm³/mol. The molecule has 0 aliphatic carbocycles. The number of likely N-dealkylation sites (N-methyl/N-ethyl adjacent to an activating group) is 1. The molecule has 0 saturated carbocycles. The van der Waals surface area contributed by atoms with Gasteiger partial charge in [0.05, 0.1) is 6.04 Å². The van der Waals surface area contributed by atoms with Crippen molar-refractivity contribution in [2.24, 2.45) is 5.41 Å². The zero-order valence-electron chi connectivity index (χ0n) is 20.7. The molecule has 0 aromatic heterocycles. The number of carbonyl (C=O) groups is 4. The lowest BCUT2D eigenvalue weighted by molar-refractivity contribution is -0.144. The Hall–Kier alpha value is -3.20. The molecular weight excluding hydrogens is 434 g/mol. The highest BCUT2D eigenvalue weighted by atomic mass is 16.2. The predicted octanol–water partition coefficient (Wildman–Crippen LogP) is 1.56.